The highest BCUT2D eigenvalue weighted by molar-refractivity contribution is 5.79. The topological polar surface area (TPSA) is 137 Å². The number of hydrogen-bond acceptors (Lipinski definition) is 6. The highest BCUT2D eigenvalue weighted by Crippen LogP contribution is 2.08. The zero-order valence-corrected chi connectivity index (χ0v) is 22.4. The van der Waals surface area contributed by atoms with Crippen LogP contribution >= 0.6 is 0 Å². The van der Waals surface area contributed by atoms with Crippen molar-refractivity contribution in [2.45, 2.75) is 110 Å². The van der Waals surface area contributed by atoms with Crippen molar-refractivity contribution in [1.29, 1.82) is 0 Å². The minimum absolute atomic E-state index is 0.000933. The van der Waals surface area contributed by atoms with Crippen molar-refractivity contribution in [2.24, 2.45) is 5.92 Å². The van der Waals surface area contributed by atoms with Crippen molar-refractivity contribution in [3.8, 4) is 0 Å². The number of carbonyl (C=O) groups excluding carboxylic acids is 4. The smallest absolute Gasteiger partial charge is 0.222 e. The summed E-state index contributed by atoms with van der Waals surface area (Å²) in [6.45, 7) is 10.7. The van der Waals surface area contributed by atoms with Crippen LogP contribution in [0.15, 0.2) is 0 Å². The monoisotopic (exact) mass is 498 g/mol. The van der Waals surface area contributed by atoms with E-state index < -0.39 is 6.10 Å². The van der Waals surface area contributed by atoms with Gasteiger partial charge in [0, 0.05) is 51.4 Å². The lowest BCUT2D eigenvalue weighted by Gasteiger charge is -2.11. The average Bonchev–Trinajstić information content (AvgIpc) is 2.76. The molecule has 0 rings (SSSR count). The maximum Gasteiger partial charge on any atom is 0.222 e. The van der Waals surface area contributed by atoms with Crippen molar-refractivity contribution in [1.82, 2.24) is 21.3 Å². The third-order valence-electron chi connectivity index (χ3n) is 5.35. The average molecular weight is 499 g/mol. The first kappa shape index (κ1) is 33.0. The molecule has 3 amide bonds. The number of nitrogens with one attached hydrogen (secondary N) is 4. The van der Waals surface area contributed by atoms with Gasteiger partial charge in [-0.2, -0.15) is 0 Å². The van der Waals surface area contributed by atoms with Crippen LogP contribution in [0.5, 0.6) is 0 Å². The first-order valence-electron chi connectivity index (χ1n) is 13.3. The second-order valence-corrected chi connectivity index (χ2v) is 9.96. The minimum atomic E-state index is -0.802. The third-order valence-corrected chi connectivity index (χ3v) is 5.35. The lowest BCUT2D eigenvalue weighted by molar-refractivity contribution is -0.124. The molecule has 0 aromatic rings. The number of aliphatic hydroxyl groups excluding tert-OH is 1. The molecule has 5 N–H and O–H groups in total. The van der Waals surface area contributed by atoms with E-state index in [4.69, 9.17) is 0 Å². The molecule has 0 aromatic heterocycles. The van der Waals surface area contributed by atoms with Gasteiger partial charge in [0.05, 0.1) is 12.5 Å². The Morgan fingerprint density at radius 3 is 1.66 bits per heavy atom. The maximum atomic E-state index is 11.9. The molecule has 9 heteroatoms. The number of ketones is 1. The van der Waals surface area contributed by atoms with Gasteiger partial charge < -0.3 is 26.4 Å². The number of rotatable bonds is 22. The number of amides is 3. The van der Waals surface area contributed by atoms with E-state index in [9.17, 15) is 24.3 Å². The highest BCUT2D eigenvalue weighted by Gasteiger charge is 2.13. The third kappa shape index (κ3) is 23.5. The molecule has 0 saturated heterocycles. The molecule has 0 bridgehead atoms. The standard InChI is InChI=1S/C26H50N4O5/c1-20(2)18-22(31)12-13-23(32)19-26(35)30-15-8-7-14-28-24(33)10-5-6-11-25(34)29-17-9-16-27-21(3)4/h20-21,23,27,32H,5-19H2,1-4H3,(H,28,33)(H,29,34)(H,30,35). The summed E-state index contributed by atoms with van der Waals surface area (Å²) in [7, 11) is 0. The molecular weight excluding hydrogens is 448 g/mol. The van der Waals surface area contributed by atoms with Gasteiger partial charge in [-0.05, 0) is 51.0 Å². The summed E-state index contributed by atoms with van der Waals surface area (Å²) in [6, 6.07) is 0.451. The van der Waals surface area contributed by atoms with E-state index in [1.165, 1.54) is 0 Å². The number of aliphatic hydroxyl groups is 1. The zero-order chi connectivity index (χ0) is 26.5. The van der Waals surface area contributed by atoms with E-state index in [-0.39, 0.29) is 29.9 Å². The van der Waals surface area contributed by atoms with Crippen LogP contribution in [0.2, 0.25) is 0 Å². The predicted octanol–water partition coefficient (Wildman–Crippen LogP) is 2.21. The van der Waals surface area contributed by atoms with Crippen molar-refractivity contribution in [3.05, 3.63) is 0 Å². The van der Waals surface area contributed by atoms with Gasteiger partial charge in [0.25, 0.3) is 0 Å². The Hall–Kier alpha value is -2.00. The fourth-order valence-corrected chi connectivity index (χ4v) is 3.43. The van der Waals surface area contributed by atoms with Crippen LogP contribution in [0.25, 0.3) is 0 Å². The molecule has 0 aromatic carbocycles. The normalized spacial score (nSPS) is 12.0. The summed E-state index contributed by atoms with van der Waals surface area (Å²) in [5, 5.41) is 21.7. The number of Topliss-reactive ketones (excluding diaryl/α,β-unsaturated/α-hetero) is 1. The highest BCUT2D eigenvalue weighted by atomic mass is 16.3. The summed E-state index contributed by atoms with van der Waals surface area (Å²) < 4.78 is 0. The second kappa shape index (κ2) is 21.3. The number of unbranched alkanes of at least 4 members (excludes halogenated alkanes) is 2. The van der Waals surface area contributed by atoms with Crippen molar-refractivity contribution < 1.29 is 24.3 Å². The second-order valence-electron chi connectivity index (χ2n) is 9.96. The molecule has 1 unspecified atom stereocenters. The predicted molar refractivity (Wildman–Crippen MR) is 139 cm³/mol. The van der Waals surface area contributed by atoms with E-state index in [2.05, 4.69) is 35.1 Å². The van der Waals surface area contributed by atoms with E-state index in [1.807, 2.05) is 13.8 Å². The summed E-state index contributed by atoms with van der Waals surface area (Å²) in [5.41, 5.74) is 0. The Balaban J connectivity index is 3.58. The van der Waals surface area contributed by atoms with E-state index in [0.717, 1.165) is 25.8 Å². The molecule has 9 nitrogen and oxygen atoms in total. The van der Waals surface area contributed by atoms with Crippen LogP contribution in [0.1, 0.15) is 98.3 Å². The molecule has 35 heavy (non-hydrogen) atoms. The number of carbonyl (C=O) groups is 4. The fourth-order valence-electron chi connectivity index (χ4n) is 3.43. The van der Waals surface area contributed by atoms with E-state index in [1.54, 1.807) is 0 Å². The van der Waals surface area contributed by atoms with Gasteiger partial charge in [-0.1, -0.05) is 27.7 Å². The fraction of sp³-hybridized carbons (Fsp3) is 0.846. The van der Waals surface area contributed by atoms with Crippen LogP contribution in [0.3, 0.4) is 0 Å². The van der Waals surface area contributed by atoms with Crippen molar-refractivity contribution in [3.63, 3.8) is 0 Å². The first-order chi connectivity index (χ1) is 16.6. The minimum Gasteiger partial charge on any atom is -0.393 e. The van der Waals surface area contributed by atoms with Crippen LogP contribution in [-0.4, -0.2) is 66.9 Å². The van der Waals surface area contributed by atoms with Gasteiger partial charge in [-0.25, -0.2) is 0 Å². The summed E-state index contributed by atoms with van der Waals surface area (Å²) in [6.07, 6.45) is 4.89. The molecule has 0 saturated carbocycles. The largest absolute Gasteiger partial charge is 0.393 e. The first-order valence-corrected chi connectivity index (χ1v) is 13.3. The molecule has 0 heterocycles. The lowest BCUT2D eigenvalue weighted by atomic mass is 10.0. The molecule has 0 fully saturated rings. The molecule has 0 aliphatic carbocycles. The molecular formula is C26H50N4O5. The summed E-state index contributed by atoms with van der Waals surface area (Å²) in [5.74, 6) is 0.202. The van der Waals surface area contributed by atoms with Gasteiger partial charge in [0.15, 0.2) is 0 Å². The van der Waals surface area contributed by atoms with E-state index in [0.29, 0.717) is 76.5 Å². The van der Waals surface area contributed by atoms with Gasteiger partial charge >= 0.3 is 0 Å². The lowest BCUT2D eigenvalue weighted by Crippen LogP contribution is -2.30. The summed E-state index contributed by atoms with van der Waals surface area (Å²) in [4.78, 5) is 47.2. The quantitative estimate of drug-likeness (QED) is 0.145. The molecule has 204 valence electrons. The van der Waals surface area contributed by atoms with Gasteiger partial charge in [0.1, 0.15) is 5.78 Å². The van der Waals surface area contributed by atoms with Crippen LogP contribution in [0, 0.1) is 5.92 Å². The van der Waals surface area contributed by atoms with E-state index >= 15 is 0 Å². The summed E-state index contributed by atoms with van der Waals surface area (Å²) >= 11 is 0. The van der Waals surface area contributed by atoms with Crippen LogP contribution in [0.4, 0.5) is 0 Å². The Morgan fingerprint density at radius 2 is 1.14 bits per heavy atom. The molecule has 0 radical (unpaired) electrons. The van der Waals surface area contributed by atoms with Crippen molar-refractivity contribution >= 4 is 23.5 Å². The maximum absolute atomic E-state index is 11.9. The zero-order valence-electron chi connectivity index (χ0n) is 22.4. The Morgan fingerprint density at radius 1 is 0.629 bits per heavy atom. The van der Waals surface area contributed by atoms with Gasteiger partial charge in [-0.15, -0.1) is 0 Å². The SMILES string of the molecule is CC(C)CC(=O)CCC(O)CC(=O)NCCCCNC(=O)CCCCC(=O)NCCCNC(C)C. The Labute approximate surface area is 212 Å². The van der Waals surface area contributed by atoms with Gasteiger partial charge in [0.2, 0.25) is 17.7 Å². The Kier molecular flexibility index (Phi) is 20.1. The molecule has 1 atom stereocenters. The van der Waals surface area contributed by atoms with Crippen molar-refractivity contribution in [2.75, 3.05) is 26.2 Å². The molecule has 0 spiro atoms. The molecule has 0 aliphatic rings. The van der Waals surface area contributed by atoms with Crippen LogP contribution in [-0.2, 0) is 19.2 Å². The van der Waals surface area contributed by atoms with Gasteiger partial charge in [-0.3, -0.25) is 19.2 Å². The Bertz CT molecular complexity index is 611. The number of hydrogen-bond donors (Lipinski definition) is 5. The van der Waals surface area contributed by atoms with Crippen LogP contribution < -0.4 is 21.3 Å². The molecule has 0 aliphatic heterocycles.